The van der Waals surface area contributed by atoms with Gasteiger partial charge in [-0.2, -0.15) is 0 Å². The van der Waals surface area contributed by atoms with Gasteiger partial charge in [0.15, 0.2) is 0 Å². The van der Waals surface area contributed by atoms with Crippen molar-refractivity contribution in [3.63, 3.8) is 0 Å². The molecule has 13 heavy (non-hydrogen) atoms. The van der Waals surface area contributed by atoms with Crippen molar-refractivity contribution < 1.29 is 0 Å². The molecular weight excluding hydrogens is 164 g/mol. The molecule has 2 heterocycles. The van der Waals surface area contributed by atoms with Crippen LogP contribution in [0.15, 0.2) is 6.20 Å². The molecule has 1 aromatic rings. The second-order valence-corrected chi connectivity index (χ2v) is 3.71. The average molecular weight is 178 g/mol. The Morgan fingerprint density at radius 1 is 1.38 bits per heavy atom. The van der Waals surface area contributed by atoms with Gasteiger partial charge in [0.1, 0.15) is 0 Å². The highest BCUT2D eigenvalue weighted by atomic mass is 15.2. The van der Waals surface area contributed by atoms with Crippen LogP contribution in [0.25, 0.3) is 0 Å². The highest BCUT2D eigenvalue weighted by molar-refractivity contribution is 5.32. The maximum Gasteiger partial charge on any atom is 0.225 e. The van der Waals surface area contributed by atoms with E-state index in [1.165, 1.54) is 11.3 Å². The van der Waals surface area contributed by atoms with E-state index in [-0.39, 0.29) is 0 Å². The molecule has 1 aliphatic heterocycles. The Hall–Kier alpha value is -1.16. The summed E-state index contributed by atoms with van der Waals surface area (Å²) in [4.78, 5) is 12.9. The maximum absolute atomic E-state index is 4.48. The lowest BCUT2D eigenvalue weighted by Crippen LogP contribution is -2.13. The molecule has 0 fully saturated rings. The molecule has 4 heteroatoms. The quantitative estimate of drug-likeness (QED) is 0.626. The molecule has 1 aliphatic rings. The van der Waals surface area contributed by atoms with E-state index in [1.54, 1.807) is 0 Å². The summed E-state index contributed by atoms with van der Waals surface area (Å²) in [5, 5.41) is 0. The Kier molecular flexibility index (Phi) is 1.92. The van der Waals surface area contributed by atoms with E-state index < -0.39 is 0 Å². The number of hydrogen-bond acceptors (Lipinski definition) is 4. The van der Waals surface area contributed by atoms with E-state index in [9.17, 15) is 0 Å². The van der Waals surface area contributed by atoms with Crippen LogP contribution in [0, 0.1) is 0 Å². The molecule has 0 atom stereocenters. The van der Waals surface area contributed by atoms with Crippen molar-refractivity contribution in [1.82, 2.24) is 14.9 Å². The van der Waals surface area contributed by atoms with Gasteiger partial charge < -0.3 is 4.90 Å². The van der Waals surface area contributed by atoms with Crippen LogP contribution < -0.4 is 4.90 Å². The molecule has 0 radical (unpaired) electrons. The predicted molar refractivity (Wildman–Crippen MR) is 51.5 cm³/mol. The highest BCUT2D eigenvalue weighted by Crippen LogP contribution is 2.19. The van der Waals surface area contributed by atoms with Gasteiger partial charge in [-0.15, -0.1) is 0 Å². The molecule has 0 bridgehead atoms. The smallest absolute Gasteiger partial charge is 0.225 e. The van der Waals surface area contributed by atoms with E-state index in [0.29, 0.717) is 0 Å². The lowest BCUT2D eigenvalue weighted by molar-refractivity contribution is 0.351. The minimum Gasteiger partial charge on any atom is -0.347 e. The van der Waals surface area contributed by atoms with Crippen LogP contribution >= 0.6 is 0 Å². The zero-order valence-corrected chi connectivity index (χ0v) is 8.28. The van der Waals surface area contributed by atoms with Crippen LogP contribution in [-0.2, 0) is 13.1 Å². The van der Waals surface area contributed by atoms with Crippen LogP contribution in [0.3, 0.4) is 0 Å². The van der Waals surface area contributed by atoms with E-state index in [0.717, 1.165) is 19.0 Å². The maximum atomic E-state index is 4.48. The van der Waals surface area contributed by atoms with Crippen molar-refractivity contribution in [2.45, 2.75) is 13.1 Å². The summed E-state index contributed by atoms with van der Waals surface area (Å²) in [5.74, 6) is 0.800. The van der Waals surface area contributed by atoms with Crippen LogP contribution in [-0.4, -0.2) is 36.0 Å². The summed E-state index contributed by atoms with van der Waals surface area (Å²) in [5.41, 5.74) is 2.43. The molecule has 0 aromatic carbocycles. The van der Waals surface area contributed by atoms with Gasteiger partial charge in [-0.05, 0) is 7.05 Å². The van der Waals surface area contributed by atoms with Crippen LogP contribution in [0.5, 0.6) is 0 Å². The second-order valence-electron chi connectivity index (χ2n) is 3.71. The topological polar surface area (TPSA) is 32.3 Å². The Morgan fingerprint density at radius 2 is 2.15 bits per heavy atom. The minimum absolute atomic E-state index is 0.800. The van der Waals surface area contributed by atoms with Gasteiger partial charge >= 0.3 is 0 Å². The van der Waals surface area contributed by atoms with Gasteiger partial charge in [-0.25, -0.2) is 9.97 Å². The summed E-state index contributed by atoms with van der Waals surface area (Å²) < 4.78 is 0. The largest absolute Gasteiger partial charge is 0.347 e. The van der Waals surface area contributed by atoms with Crippen LogP contribution in [0.1, 0.15) is 11.3 Å². The monoisotopic (exact) mass is 178 g/mol. The lowest BCUT2D eigenvalue weighted by Gasteiger charge is -2.10. The highest BCUT2D eigenvalue weighted by Gasteiger charge is 2.17. The van der Waals surface area contributed by atoms with Gasteiger partial charge in [0.2, 0.25) is 5.95 Å². The van der Waals surface area contributed by atoms with Crippen LogP contribution in [0.2, 0.25) is 0 Å². The van der Waals surface area contributed by atoms with E-state index in [1.807, 2.05) is 25.2 Å². The first-order chi connectivity index (χ1) is 6.16. The molecule has 2 rings (SSSR count). The minimum atomic E-state index is 0.800. The fourth-order valence-corrected chi connectivity index (χ4v) is 1.52. The summed E-state index contributed by atoms with van der Waals surface area (Å²) in [6.45, 7) is 1.92. The molecule has 0 N–H and O–H groups in total. The van der Waals surface area contributed by atoms with Crippen molar-refractivity contribution in [1.29, 1.82) is 0 Å². The Morgan fingerprint density at radius 3 is 2.85 bits per heavy atom. The zero-order chi connectivity index (χ0) is 9.42. The molecule has 0 saturated heterocycles. The van der Waals surface area contributed by atoms with E-state index >= 15 is 0 Å². The van der Waals surface area contributed by atoms with Gasteiger partial charge in [0.25, 0.3) is 0 Å². The number of aromatic nitrogens is 2. The summed E-state index contributed by atoms with van der Waals surface area (Å²) in [6.07, 6.45) is 1.93. The van der Waals surface area contributed by atoms with Gasteiger partial charge in [-0.1, -0.05) is 0 Å². The third-order valence-electron chi connectivity index (χ3n) is 2.20. The first-order valence-electron chi connectivity index (χ1n) is 4.37. The number of rotatable bonds is 1. The summed E-state index contributed by atoms with van der Waals surface area (Å²) >= 11 is 0. The van der Waals surface area contributed by atoms with Gasteiger partial charge in [-0.3, -0.25) is 4.90 Å². The molecular formula is C9H14N4. The SMILES string of the molecule is CN1Cc2cnc(N(C)C)nc2C1. The van der Waals surface area contributed by atoms with E-state index in [2.05, 4.69) is 21.9 Å². The Labute approximate surface area is 78.2 Å². The van der Waals surface area contributed by atoms with Crippen molar-refractivity contribution in [2.75, 3.05) is 26.0 Å². The number of hydrogen-bond donors (Lipinski definition) is 0. The fourth-order valence-electron chi connectivity index (χ4n) is 1.52. The van der Waals surface area contributed by atoms with Gasteiger partial charge in [0.05, 0.1) is 5.69 Å². The molecule has 70 valence electrons. The summed E-state index contributed by atoms with van der Waals surface area (Å²) in [7, 11) is 6.01. The molecule has 4 nitrogen and oxygen atoms in total. The molecule has 0 saturated carbocycles. The molecule has 0 amide bonds. The van der Waals surface area contributed by atoms with Crippen LogP contribution in [0.4, 0.5) is 5.95 Å². The number of fused-ring (bicyclic) bond motifs is 1. The molecule has 0 unspecified atom stereocenters. The standard InChI is InChI=1S/C9H14N4/c1-12(2)9-10-4-7-5-13(3)6-8(7)11-9/h4H,5-6H2,1-3H3. The lowest BCUT2D eigenvalue weighted by atomic mass is 10.3. The molecule has 0 aliphatic carbocycles. The van der Waals surface area contributed by atoms with E-state index in [4.69, 9.17) is 0 Å². The fraction of sp³-hybridized carbons (Fsp3) is 0.556. The third-order valence-corrected chi connectivity index (χ3v) is 2.20. The normalized spacial score (nSPS) is 15.9. The van der Waals surface area contributed by atoms with Crippen molar-refractivity contribution in [3.8, 4) is 0 Å². The Bertz CT molecular complexity index is 321. The Balaban J connectivity index is 2.35. The first-order valence-corrected chi connectivity index (χ1v) is 4.37. The zero-order valence-electron chi connectivity index (χ0n) is 8.28. The second kappa shape index (κ2) is 2.96. The van der Waals surface area contributed by atoms with Gasteiger partial charge in [0, 0.05) is 38.9 Å². The molecule has 1 aromatic heterocycles. The van der Waals surface area contributed by atoms with Crippen molar-refractivity contribution in [2.24, 2.45) is 0 Å². The van der Waals surface area contributed by atoms with Crippen molar-refractivity contribution >= 4 is 5.95 Å². The molecule has 0 spiro atoms. The number of nitrogens with zero attached hydrogens (tertiary/aromatic N) is 4. The van der Waals surface area contributed by atoms with Crippen molar-refractivity contribution in [3.05, 3.63) is 17.5 Å². The average Bonchev–Trinajstić information content (AvgIpc) is 2.42. The predicted octanol–water partition coefficient (Wildman–Crippen LogP) is 0.488. The summed E-state index contributed by atoms with van der Waals surface area (Å²) in [6, 6.07) is 0. The first kappa shape index (κ1) is 8.44. The number of anilines is 1. The third kappa shape index (κ3) is 1.49.